The van der Waals surface area contributed by atoms with Crippen LogP contribution in [-0.2, 0) is 4.79 Å². The third-order valence-corrected chi connectivity index (χ3v) is 2.49. The van der Waals surface area contributed by atoms with E-state index in [1.165, 1.54) is 10.6 Å². The maximum atomic E-state index is 12.0. The van der Waals surface area contributed by atoms with Crippen molar-refractivity contribution in [2.75, 3.05) is 13.1 Å². The second-order valence-corrected chi connectivity index (χ2v) is 4.21. The fraction of sp³-hybridized carbons (Fsp3) is 0.500. The summed E-state index contributed by atoms with van der Waals surface area (Å²) in [5, 5.41) is 2.72. The summed E-state index contributed by atoms with van der Waals surface area (Å²) >= 11 is 0. The molecule has 0 bridgehead atoms. The largest absolute Gasteiger partial charge is 0.353 e. The van der Waals surface area contributed by atoms with Gasteiger partial charge in [-0.05, 0) is 12.0 Å². The lowest BCUT2D eigenvalue weighted by atomic mass is 10.0. The summed E-state index contributed by atoms with van der Waals surface area (Å²) in [6.45, 7) is 4.63. The minimum atomic E-state index is -0.491. The minimum absolute atomic E-state index is 0.0351. The number of nitrogens with zero attached hydrogens (tertiary/aromatic N) is 1. The smallest absolute Gasteiger partial charge is 0.251 e. The van der Waals surface area contributed by atoms with E-state index in [4.69, 9.17) is 5.73 Å². The molecule has 0 spiro atoms. The molecule has 1 rings (SSSR count). The molecule has 94 valence electrons. The van der Waals surface area contributed by atoms with Crippen molar-refractivity contribution in [1.82, 2.24) is 9.88 Å². The summed E-state index contributed by atoms with van der Waals surface area (Å²) in [4.78, 5) is 23.7. The summed E-state index contributed by atoms with van der Waals surface area (Å²) in [7, 11) is 0. The van der Waals surface area contributed by atoms with E-state index in [1.807, 2.05) is 13.8 Å². The second-order valence-electron chi connectivity index (χ2n) is 4.21. The molecule has 1 atom stereocenters. The van der Waals surface area contributed by atoms with Crippen LogP contribution in [-0.4, -0.2) is 23.6 Å². The van der Waals surface area contributed by atoms with Crippen molar-refractivity contribution in [1.29, 1.82) is 0 Å². The number of aromatic nitrogens is 1. The van der Waals surface area contributed by atoms with Crippen LogP contribution in [0.1, 0.15) is 19.9 Å². The number of pyridine rings is 1. The fourth-order valence-electron chi connectivity index (χ4n) is 1.72. The highest BCUT2D eigenvalue weighted by atomic mass is 16.2. The van der Waals surface area contributed by atoms with Gasteiger partial charge in [0.25, 0.3) is 5.56 Å². The zero-order valence-corrected chi connectivity index (χ0v) is 10.2. The zero-order chi connectivity index (χ0) is 12.8. The van der Waals surface area contributed by atoms with Crippen LogP contribution in [0.2, 0.25) is 0 Å². The Bertz CT molecular complexity index is 426. The van der Waals surface area contributed by atoms with Crippen molar-refractivity contribution in [3.8, 4) is 0 Å². The molecular weight excluding hydrogens is 218 g/mol. The minimum Gasteiger partial charge on any atom is -0.353 e. The van der Waals surface area contributed by atoms with E-state index in [1.54, 1.807) is 18.3 Å². The Morgan fingerprint density at radius 2 is 2.18 bits per heavy atom. The van der Waals surface area contributed by atoms with Crippen LogP contribution >= 0.6 is 0 Å². The normalized spacial score (nSPS) is 12.5. The van der Waals surface area contributed by atoms with Crippen molar-refractivity contribution < 1.29 is 4.79 Å². The number of nitrogens with one attached hydrogen (secondary N) is 1. The van der Waals surface area contributed by atoms with E-state index in [0.29, 0.717) is 13.1 Å². The first-order valence-electron chi connectivity index (χ1n) is 5.73. The summed E-state index contributed by atoms with van der Waals surface area (Å²) in [5.74, 6) is -0.133. The number of hydrogen-bond acceptors (Lipinski definition) is 3. The quantitative estimate of drug-likeness (QED) is 0.763. The fourth-order valence-corrected chi connectivity index (χ4v) is 1.72. The van der Waals surface area contributed by atoms with Gasteiger partial charge in [-0.15, -0.1) is 0 Å². The first kappa shape index (κ1) is 13.4. The van der Waals surface area contributed by atoms with Gasteiger partial charge in [-0.1, -0.05) is 19.9 Å². The molecule has 0 aliphatic rings. The van der Waals surface area contributed by atoms with E-state index in [-0.39, 0.29) is 17.4 Å². The summed E-state index contributed by atoms with van der Waals surface area (Å²) in [6.07, 6.45) is 1.63. The van der Waals surface area contributed by atoms with Gasteiger partial charge in [0.1, 0.15) is 6.04 Å². The lowest BCUT2D eigenvalue weighted by Gasteiger charge is -2.22. The van der Waals surface area contributed by atoms with Gasteiger partial charge in [0.15, 0.2) is 0 Å². The molecule has 0 aliphatic heterocycles. The molecule has 0 radical (unpaired) electrons. The van der Waals surface area contributed by atoms with Gasteiger partial charge in [0.2, 0.25) is 5.91 Å². The molecule has 17 heavy (non-hydrogen) atoms. The SMILES string of the molecule is CC(C)C(C(=O)NCCN)n1ccccc1=O. The molecule has 5 nitrogen and oxygen atoms in total. The Labute approximate surface area is 101 Å². The van der Waals surface area contributed by atoms with E-state index < -0.39 is 6.04 Å². The van der Waals surface area contributed by atoms with E-state index in [0.717, 1.165) is 0 Å². The number of carbonyl (C=O) groups is 1. The third kappa shape index (κ3) is 3.42. The van der Waals surface area contributed by atoms with Crippen LogP contribution in [0.15, 0.2) is 29.2 Å². The van der Waals surface area contributed by atoms with Crippen LogP contribution in [0.5, 0.6) is 0 Å². The van der Waals surface area contributed by atoms with Gasteiger partial charge in [0.05, 0.1) is 0 Å². The number of carbonyl (C=O) groups excluding carboxylic acids is 1. The zero-order valence-electron chi connectivity index (χ0n) is 10.2. The van der Waals surface area contributed by atoms with Crippen LogP contribution in [0.25, 0.3) is 0 Å². The van der Waals surface area contributed by atoms with Gasteiger partial charge in [-0.25, -0.2) is 0 Å². The summed E-state index contributed by atoms with van der Waals surface area (Å²) in [5.41, 5.74) is 5.17. The highest BCUT2D eigenvalue weighted by molar-refractivity contribution is 5.80. The molecule has 0 fully saturated rings. The predicted molar refractivity (Wildman–Crippen MR) is 66.6 cm³/mol. The molecule has 1 aromatic rings. The molecular formula is C12H19N3O2. The monoisotopic (exact) mass is 237 g/mol. The molecule has 3 N–H and O–H groups in total. The van der Waals surface area contributed by atoms with Crippen molar-refractivity contribution in [2.45, 2.75) is 19.9 Å². The van der Waals surface area contributed by atoms with Crippen LogP contribution < -0.4 is 16.6 Å². The second kappa shape index (κ2) is 6.20. The van der Waals surface area contributed by atoms with Crippen LogP contribution in [0.3, 0.4) is 0 Å². The van der Waals surface area contributed by atoms with Gasteiger partial charge >= 0.3 is 0 Å². The number of rotatable bonds is 5. The molecule has 1 aromatic heterocycles. The molecule has 0 saturated heterocycles. The Balaban J connectivity index is 2.98. The topological polar surface area (TPSA) is 77.1 Å². The Kier molecular flexibility index (Phi) is 4.90. The Morgan fingerprint density at radius 3 is 2.71 bits per heavy atom. The lowest BCUT2D eigenvalue weighted by molar-refractivity contribution is -0.125. The molecule has 5 heteroatoms. The van der Waals surface area contributed by atoms with Gasteiger partial charge in [0, 0.05) is 25.4 Å². The predicted octanol–water partition coefficient (Wildman–Crippen LogP) is 0.120. The average Bonchev–Trinajstić information content (AvgIpc) is 2.29. The molecule has 1 amide bonds. The summed E-state index contributed by atoms with van der Waals surface area (Å²) in [6, 6.07) is 4.36. The van der Waals surface area contributed by atoms with Gasteiger partial charge in [-0.3, -0.25) is 9.59 Å². The molecule has 1 heterocycles. The van der Waals surface area contributed by atoms with E-state index in [2.05, 4.69) is 5.32 Å². The highest BCUT2D eigenvalue weighted by Gasteiger charge is 2.23. The Hall–Kier alpha value is -1.62. The molecule has 0 saturated carbocycles. The molecule has 0 aromatic carbocycles. The van der Waals surface area contributed by atoms with E-state index in [9.17, 15) is 9.59 Å². The first-order chi connectivity index (χ1) is 8.07. The van der Waals surface area contributed by atoms with Crippen molar-refractivity contribution in [3.05, 3.63) is 34.7 Å². The number of hydrogen-bond donors (Lipinski definition) is 2. The highest BCUT2D eigenvalue weighted by Crippen LogP contribution is 2.15. The first-order valence-corrected chi connectivity index (χ1v) is 5.73. The van der Waals surface area contributed by atoms with Gasteiger partial charge < -0.3 is 15.6 Å². The van der Waals surface area contributed by atoms with E-state index >= 15 is 0 Å². The standard InChI is InChI=1S/C12H19N3O2/c1-9(2)11(12(17)14-7-6-13)15-8-4-3-5-10(15)16/h3-5,8-9,11H,6-7,13H2,1-2H3,(H,14,17). The third-order valence-electron chi connectivity index (χ3n) is 2.49. The maximum Gasteiger partial charge on any atom is 0.251 e. The van der Waals surface area contributed by atoms with Crippen molar-refractivity contribution in [3.63, 3.8) is 0 Å². The molecule has 1 unspecified atom stereocenters. The summed E-state index contributed by atoms with van der Waals surface area (Å²) < 4.78 is 1.45. The Morgan fingerprint density at radius 1 is 1.47 bits per heavy atom. The lowest BCUT2D eigenvalue weighted by Crippen LogP contribution is -2.41. The van der Waals surface area contributed by atoms with Crippen LogP contribution in [0, 0.1) is 5.92 Å². The van der Waals surface area contributed by atoms with Gasteiger partial charge in [-0.2, -0.15) is 0 Å². The average molecular weight is 237 g/mol. The van der Waals surface area contributed by atoms with Crippen molar-refractivity contribution in [2.24, 2.45) is 11.7 Å². The number of amides is 1. The number of nitrogens with two attached hydrogens (primary N) is 1. The van der Waals surface area contributed by atoms with Crippen LogP contribution in [0.4, 0.5) is 0 Å². The molecule has 0 aliphatic carbocycles. The maximum absolute atomic E-state index is 12.0. The van der Waals surface area contributed by atoms with Crippen molar-refractivity contribution >= 4 is 5.91 Å².